The van der Waals surface area contributed by atoms with Crippen LogP contribution >= 0.6 is 0 Å². The number of rotatable bonds is 3. The Kier molecular flexibility index (Phi) is 5.26. The molecular formula is C23H32N4O5. The predicted octanol–water partition coefficient (Wildman–Crippen LogP) is 3.23. The van der Waals surface area contributed by atoms with Gasteiger partial charge in [-0.05, 0) is 46.6 Å². The molecule has 0 unspecified atom stereocenters. The summed E-state index contributed by atoms with van der Waals surface area (Å²) in [5, 5.41) is 4.15. The summed E-state index contributed by atoms with van der Waals surface area (Å²) < 4.78 is 17.9. The summed E-state index contributed by atoms with van der Waals surface area (Å²) in [4.78, 5) is 28.1. The van der Waals surface area contributed by atoms with Crippen LogP contribution < -0.4 is 19.8 Å². The molecule has 0 aliphatic carbocycles. The maximum absolute atomic E-state index is 12.3. The molecule has 9 heteroatoms. The number of nitrogens with one attached hydrogen (secondary N) is 1. The Bertz CT molecular complexity index is 975. The number of ether oxygens (including phenoxy) is 3. The standard InChI is InChI=1S/C23H32N4O5/c1-13(2)15-8-18-16(27-14(3)20(28)25-24-19(27)10-30-18)9-17(15)31-23(7)11-26(12-23)21(29)32-22(4,5)6/h8-9,13-14H,10-12H2,1-7H3,(H,25,28)/t14-/m1/s1. The Morgan fingerprint density at radius 3 is 2.62 bits per heavy atom. The number of hydrogen-bond acceptors (Lipinski definition) is 7. The lowest BCUT2D eigenvalue weighted by Crippen LogP contribution is -2.65. The number of amidine groups is 1. The van der Waals surface area contributed by atoms with Crippen molar-refractivity contribution in [1.29, 1.82) is 0 Å². The Balaban J connectivity index is 1.60. The van der Waals surface area contributed by atoms with Crippen LogP contribution in [0.3, 0.4) is 0 Å². The Labute approximate surface area is 188 Å². The Morgan fingerprint density at radius 1 is 1.31 bits per heavy atom. The smallest absolute Gasteiger partial charge is 0.410 e. The third kappa shape index (κ3) is 4.08. The van der Waals surface area contributed by atoms with E-state index in [1.54, 1.807) is 4.90 Å². The minimum atomic E-state index is -0.538. The predicted molar refractivity (Wildman–Crippen MR) is 120 cm³/mol. The number of nitrogens with zero attached hydrogens (tertiary/aromatic N) is 3. The first-order valence-corrected chi connectivity index (χ1v) is 11.0. The van der Waals surface area contributed by atoms with Gasteiger partial charge in [-0.15, -0.1) is 0 Å². The maximum Gasteiger partial charge on any atom is 0.410 e. The van der Waals surface area contributed by atoms with Gasteiger partial charge in [0.1, 0.15) is 35.3 Å². The molecule has 1 atom stereocenters. The Morgan fingerprint density at radius 2 is 2.00 bits per heavy atom. The van der Waals surface area contributed by atoms with Crippen LogP contribution in [0, 0.1) is 0 Å². The van der Waals surface area contributed by atoms with Gasteiger partial charge in [-0.3, -0.25) is 4.79 Å². The SMILES string of the molecule is CC(C)c1cc2c(cc1OC1(C)CN(C(=O)OC(C)(C)C)C1)N1C(=NNC(=O)[C@H]1C)CO2. The first kappa shape index (κ1) is 22.2. The first-order valence-electron chi connectivity index (χ1n) is 11.0. The van der Waals surface area contributed by atoms with Crippen molar-refractivity contribution >= 4 is 23.5 Å². The highest BCUT2D eigenvalue weighted by atomic mass is 16.6. The van der Waals surface area contributed by atoms with E-state index in [1.807, 2.05) is 51.7 Å². The molecule has 174 valence electrons. The van der Waals surface area contributed by atoms with E-state index in [0.29, 0.717) is 30.4 Å². The van der Waals surface area contributed by atoms with Gasteiger partial charge in [0.15, 0.2) is 5.84 Å². The van der Waals surface area contributed by atoms with Crippen LogP contribution in [0.4, 0.5) is 10.5 Å². The third-order valence-electron chi connectivity index (χ3n) is 5.73. The normalized spacial score (nSPS) is 21.6. The van der Waals surface area contributed by atoms with Gasteiger partial charge in [-0.25, -0.2) is 10.2 Å². The Hall–Kier alpha value is -2.97. The number of carbonyl (C=O) groups is 2. The second-order valence-electron chi connectivity index (χ2n) is 10.2. The second kappa shape index (κ2) is 7.56. The van der Waals surface area contributed by atoms with Crippen molar-refractivity contribution in [3.8, 4) is 11.5 Å². The second-order valence-corrected chi connectivity index (χ2v) is 10.2. The lowest BCUT2D eigenvalue weighted by molar-refractivity contribution is -0.122. The summed E-state index contributed by atoms with van der Waals surface area (Å²) in [6.45, 7) is 14.7. The fourth-order valence-corrected chi connectivity index (χ4v) is 4.15. The van der Waals surface area contributed by atoms with Gasteiger partial charge >= 0.3 is 6.09 Å². The van der Waals surface area contributed by atoms with Gasteiger partial charge in [-0.1, -0.05) is 13.8 Å². The number of anilines is 1. The fourth-order valence-electron chi connectivity index (χ4n) is 4.15. The molecule has 0 bridgehead atoms. The molecule has 0 saturated carbocycles. The lowest BCUT2D eigenvalue weighted by Gasteiger charge is -2.48. The number of hydrogen-bond donors (Lipinski definition) is 1. The van der Waals surface area contributed by atoms with E-state index >= 15 is 0 Å². The topological polar surface area (TPSA) is 92.7 Å². The summed E-state index contributed by atoms with van der Waals surface area (Å²) in [7, 11) is 0. The van der Waals surface area contributed by atoms with Crippen LogP contribution in [-0.2, 0) is 9.53 Å². The molecule has 3 aliphatic heterocycles. The van der Waals surface area contributed by atoms with Crippen LogP contribution in [0.15, 0.2) is 17.2 Å². The molecular weight excluding hydrogens is 412 g/mol. The van der Waals surface area contributed by atoms with Crippen molar-refractivity contribution in [1.82, 2.24) is 10.3 Å². The molecule has 3 aliphatic rings. The number of hydrazone groups is 1. The average Bonchev–Trinajstić information content (AvgIpc) is 2.66. The summed E-state index contributed by atoms with van der Waals surface area (Å²) >= 11 is 0. The van der Waals surface area contributed by atoms with E-state index in [9.17, 15) is 9.59 Å². The average molecular weight is 445 g/mol. The lowest BCUT2D eigenvalue weighted by atomic mass is 9.95. The van der Waals surface area contributed by atoms with Gasteiger partial charge in [-0.2, -0.15) is 5.10 Å². The molecule has 1 saturated heterocycles. The van der Waals surface area contributed by atoms with Gasteiger partial charge < -0.3 is 24.0 Å². The van der Waals surface area contributed by atoms with Crippen LogP contribution in [-0.4, -0.2) is 59.7 Å². The summed E-state index contributed by atoms with van der Waals surface area (Å²) in [5.74, 6) is 2.10. The number of benzene rings is 1. The highest BCUT2D eigenvalue weighted by Crippen LogP contribution is 2.43. The number of likely N-dealkylation sites (tertiary alicyclic amines) is 1. The molecule has 32 heavy (non-hydrogen) atoms. The van der Waals surface area contributed by atoms with E-state index in [4.69, 9.17) is 14.2 Å². The zero-order valence-corrected chi connectivity index (χ0v) is 19.8. The van der Waals surface area contributed by atoms with Gasteiger partial charge in [0, 0.05) is 11.6 Å². The first-order chi connectivity index (χ1) is 14.9. The largest absolute Gasteiger partial charge is 0.483 e. The molecule has 1 aromatic rings. The summed E-state index contributed by atoms with van der Waals surface area (Å²) in [6, 6.07) is 3.50. The summed E-state index contributed by atoms with van der Waals surface area (Å²) in [6.07, 6.45) is -0.337. The summed E-state index contributed by atoms with van der Waals surface area (Å²) in [5.41, 5.74) is 3.23. The highest BCUT2D eigenvalue weighted by molar-refractivity contribution is 6.09. The molecule has 9 nitrogen and oxygen atoms in total. The van der Waals surface area contributed by atoms with Crippen molar-refractivity contribution in [2.24, 2.45) is 5.10 Å². The molecule has 0 spiro atoms. The van der Waals surface area contributed by atoms with Crippen molar-refractivity contribution in [2.45, 2.75) is 71.6 Å². The van der Waals surface area contributed by atoms with Crippen LogP contribution in [0.1, 0.15) is 59.9 Å². The quantitative estimate of drug-likeness (QED) is 0.770. The van der Waals surface area contributed by atoms with E-state index in [2.05, 4.69) is 24.4 Å². The van der Waals surface area contributed by atoms with Crippen molar-refractivity contribution in [3.63, 3.8) is 0 Å². The van der Waals surface area contributed by atoms with Gasteiger partial charge in [0.2, 0.25) is 0 Å². The molecule has 1 N–H and O–H groups in total. The maximum atomic E-state index is 12.3. The number of fused-ring (bicyclic) bond motifs is 3. The molecule has 1 aromatic carbocycles. The van der Waals surface area contributed by atoms with Crippen LogP contribution in [0.2, 0.25) is 0 Å². The molecule has 3 heterocycles. The third-order valence-corrected chi connectivity index (χ3v) is 5.73. The van der Waals surface area contributed by atoms with Crippen molar-refractivity contribution in [3.05, 3.63) is 17.7 Å². The highest BCUT2D eigenvalue weighted by Gasteiger charge is 2.46. The van der Waals surface area contributed by atoms with Crippen LogP contribution in [0.5, 0.6) is 11.5 Å². The minimum Gasteiger partial charge on any atom is -0.483 e. The van der Waals surface area contributed by atoms with Crippen molar-refractivity contribution < 1.29 is 23.8 Å². The van der Waals surface area contributed by atoms with Gasteiger partial charge in [0.05, 0.1) is 18.8 Å². The zero-order valence-electron chi connectivity index (χ0n) is 19.8. The van der Waals surface area contributed by atoms with E-state index in [-0.39, 0.29) is 24.5 Å². The van der Waals surface area contributed by atoms with Crippen LogP contribution in [0.25, 0.3) is 0 Å². The molecule has 4 rings (SSSR count). The van der Waals surface area contributed by atoms with E-state index in [0.717, 1.165) is 11.3 Å². The van der Waals surface area contributed by atoms with E-state index < -0.39 is 17.2 Å². The van der Waals surface area contributed by atoms with Gasteiger partial charge in [0.25, 0.3) is 5.91 Å². The van der Waals surface area contributed by atoms with Crippen molar-refractivity contribution in [2.75, 3.05) is 24.6 Å². The van der Waals surface area contributed by atoms with E-state index in [1.165, 1.54) is 0 Å². The molecule has 0 aromatic heterocycles. The molecule has 1 fully saturated rings. The number of carbonyl (C=O) groups excluding carboxylic acids is 2. The molecule has 2 amide bonds. The zero-order chi connectivity index (χ0) is 23.4. The number of amides is 2. The molecule has 0 radical (unpaired) electrons. The monoisotopic (exact) mass is 444 g/mol. The fraction of sp³-hybridized carbons (Fsp3) is 0.609. The minimum absolute atomic E-state index is 0.170.